The van der Waals surface area contributed by atoms with Gasteiger partial charge in [-0.2, -0.15) is 0 Å². The fraction of sp³-hybridized carbons (Fsp3) is 0.333. The first kappa shape index (κ1) is 14.2. The Bertz CT molecular complexity index is 334. The molecule has 4 heteroatoms. The second-order valence-corrected chi connectivity index (χ2v) is 2.67. The van der Waals surface area contributed by atoms with Crippen LogP contribution in [0.3, 0.4) is 0 Å². The molecular weight excluding hydrogens is 204 g/mol. The molecule has 16 heavy (non-hydrogen) atoms. The number of rotatable bonds is 2. The van der Waals surface area contributed by atoms with Gasteiger partial charge in [0, 0.05) is 7.05 Å². The summed E-state index contributed by atoms with van der Waals surface area (Å²) in [6, 6.07) is 9.50. The normalized spacial score (nSPS) is 9.88. The zero-order valence-corrected chi connectivity index (χ0v) is 10.2. The molecule has 1 aromatic rings. The molecule has 1 aromatic carbocycles. The zero-order chi connectivity index (χ0) is 12.4. The molecule has 0 radical (unpaired) electrons. The molecule has 0 aromatic heterocycles. The highest BCUT2D eigenvalue weighted by molar-refractivity contribution is 5.98. The molecule has 0 spiro atoms. The van der Waals surface area contributed by atoms with Crippen molar-refractivity contribution in [3.8, 4) is 0 Å². The molecule has 0 saturated carbocycles. The van der Waals surface area contributed by atoms with Gasteiger partial charge in [0.05, 0.1) is 5.71 Å². The van der Waals surface area contributed by atoms with Crippen molar-refractivity contribution in [2.75, 3.05) is 7.05 Å². The molecule has 4 nitrogen and oxygen atoms in total. The summed E-state index contributed by atoms with van der Waals surface area (Å²) in [6.07, 6.45) is -0.569. The lowest BCUT2D eigenvalue weighted by Crippen LogP contribution is -2.17. The van der Waals surface area contributed by atoms with E-state index in [-0.39, 0.29) is 0 Å². The minimum Gasteiger partial charge on any atom is -0.323 e. The van der Waals surface area contributed by atoms with E-state index >= 15 is 0 Å². The van der Waals surface area contributed by atoms with Gasteiger partial charge in [0.2, 0.25) is 0 Å². The lowest BCUT2D eigenvalue weighted by Gasteiger charge is -1.99. The van der Waals surface area contributed by atoms with Crippen molar-refractivity contribution in [2.45, 2.75) is 20.8 Å². The SMILES string of the molecule is CC.CNC(=O)O/N=C(\C)c1ccccc1. The quantitative estimate of drug-likeness (QED) is 0.475. The van der Waals surface area contributed by atoms with Gasteiger partial charge in [-0.3, -0.25) is 4.84 Å². The van der Waals surface area contributed by atoms with Crippen LogP contribution in [0, 0.1) is 0 Å². The number of benzene rings is 1. The number of hydrogen-bond donors (Lipinski definition) is 1. The van der Waals surface area contributed by atoms with E-state index in [0.717, 1.165) is 5.56 Å². The summed E-state index contributed by atoms with van der Waals surface area (Å²) in [7, 11) is 1.48. The smallest absolute Gasteiger partial charge is 0.323 e. The fourth-order valence-electron chi connectivity index (χ4n) is 0.888. The van der Waals surface area contributed by atoms with Crippen molar-refractivity contribution in [1.82, 2.24) is 5.32 Å². The van der Waals surface area contributed by atoms with Gasteiger partial charge in [-0.25, -0.2) is 4.79 Å². The number of hydrogen-bond acceptors (Lipinski definition) is 3. The number of nitrogens with zero attached hydrogens (tertiary/aromatic N) is 1. The van der Waals surface area contributed by atoms with E-state index in [1.54, 1.807) is 6.92 Å². The average molecular weight is 222 g/mol. The largest absolute Gasteiger partial charge is 0.433 e. The van der Waals surface area contributed by atoms with E-state index in [0.29, 0.717) is 5.71 Å². The summed E-state index contributed by atoms with van der Waals surface area (Å²) in [5, 5.41) is 5.97. The molecule has 0 aliphatic heterocycles. The van der Waals surface area contributed by atoms with Gasteiger partial charge < -0.3 is 5.32 Å². The minimum absolute atomic E-state index is 0.569. The molecule has 0 aliphatic rings. The Balaban J connectivity index is 0.00000106. The zero-order valence-electron chi connectivity index (χ0n) is 10.2. The number of carbonyl (C=O) groups excluding carboxylic acids is 1. The highest BCUT2D eigenvalue weighted by Gasteiger charge is 1.99. The maximum absolute atomic E-state index is 10.7. The van der Waals surface area contributed by atoms with E-state index in [1.807, 2.05) is 44.2 Å². The van der Waals surface area contributed by atoms with E-state index < -0.39 is 6.09 Å². The van der Waals surface area contributed by atoms with Crippen molar-refractivity contribution in [3.05, 3.63) is 35.9 Å². The molecule has 1 N–H and O–H groups in total. The molecular formula is C12H18N2O2. The van der Waals surface area contributed by atoms with Crippen LogP contribution < -0.4 is 5.32 Å². The average Bonchev–Trinajstić information content (AvgIpc) is 2.38. The van der Waals surface area contributed by atoms with E-state index in [1.165, 1.54) is 7.05 Å². The Hall–Kier alpha value is -1.84. The molecule has 0 aliphatic carbocycles. The minimum atomic E-state index is -0.569. The van der Waals surface area contributed by atoms with E-state index in [4.69, 9.17) is 0 Å². The molecule has 0 unspecified atom stereocenters. The van der Waals surface area contributed by atoms with Crippen molar-refractivity contribution in [3.63, 3.8) is 0 Å². The molecule has 88 valence electrons. The maximum Gasteiger partial charge on any atom is 0.433 e. The Morgan fingerprint density at radius 1 is 1.25 bits per heavy atom. The lowest BCUT2D eigenvalue weighted by atomic mass is 10.1. The molecule has 0 bridgehead atoms. The molecule has 1 rings (SSSR count). The second kappa shape index (κ2) is 8.47. The summed E-state index contributed by atoms with van der Waals surface area (Å²) >= 11 is 0. The van der Waals surface area contributed by atoms with Crippen LogP contribution >= 0.6 is 0 Å². The number of oxime groups is 1. The highest BCUT2D eigenvalue weighted by atomic mass is 16.7. The van der Waals surface area contributed by atoms with Gasteiger partial charge in [-0.1, -0.05) is 49.3 Å². The van der Waals surface area contributed by atoms with Crippen LogP contribution in [0.5, 0.6) is 0 Å². The van der Waals surface area contributed by atoms with Crippen molar-refractivity contribution >= 4 is 11.8 Å². The molecule has 0 saturated heterocycles. The molecule has 1 amide bonds. The van der Waals surface area contributed by atoms with Crippen molar-refractivity contribution in [1.29, 1.82) is 0 Å². The summed E-state index contributed by atoms with van der Waals surface area (Å²) < 4.78 is 0. The number of amides is 1. The Morgan fingerprint density at radius 2 is 1.81 bits per heavy atom. The Kier molecular flexibility index (Phi) is 7.49. The van der Waals surface area contributed by atoms with Gasteiger partial charge in [-0.15, -0.1) is 0 Å². The molecule has 0 heterocycles. The molecule has 0 fully saturated rings. The van der Waals surface area contributed by atoms with Crippen LogP contribution in [-0.2, 0) is 4.84 Å². The van der Waals surface area contributed by atoms with Crippen LogP contribution in [0.25, 0.3) is 0 Å². The predicted octanol–water partition coefficient (Wildman–Crippen LogP) is 2.79. The summed E-state index contributed by atoms with van der Waals surface area (Å²) in [5.41, 5.74) is 1.59. The number of nitrogens with one attached hydrogen (secondary N) is 1. The second-order valence-electron chi connectivity index (χ2n) is 2.67. The van der Waals surface area contributed by atoms with Crippen LogP contribution in [-0.4, -0.2) is 18.9 Å². The van der Waals surface area contributed by atoms with Crippen molar-refractivity contribution in [2.24, 2.45) is 5.16 Å². The third-order valence-electron chi connectivity index (χ3n) is 1.66. The van der Waals surface area contributed by atoms with Crippen LogP contribution in [0.15, 0.2) is 35.5 Å². The van der Waals surface area contributed by atoms with Crippen LogP contribution in [0.4, 0.5) is 4.79 Å². The van der Waals surface area contributed by atoms with Gasteiger partial charge in [-0.05, 0) is 12.5 Å². The standard InChI is InChI=1S/C10H12N2O2.C2H6/c1-8(12-14-10(13)11-2)9-6-4-3-5-7-9;1-2/h3-7H,1-2H3,(H,11,13);1-2H3/b12-8+;. The monoisotopic (exact) mass is 222 g/mol. The lowest BCUT2D eigenvalue weighted by molar-refractivity contribution is 0.153. The summed E-state index contributed by atoms with van der Waals surface area (Å²) in [6.45, 7) is 5.78. The van der Waals surface area contributed by atoms with E-state index in [9.17, 15) is 4.79 Å². The first-order valence-corrected chi connectivity index (χ1v) is 5.23. The van der Waals surface area contributed by atoms with Gasteiger partial charge >= 0.3 is 6.09 Å². The van der Waals surface area contributed by atoms with Gasteiger partial charge in [0.15, 0.2) is 0 Å². The first-order chi connectivity index (χ1) is 7.74. The maximum atomic E-state index is 10.7. The Labute approximate surface area is 96.3 Å². The summed E-state index contributed by atoms with van der Waals surface area (Å²) in [4.78, 5) is 15.3. The highest BCUT2D eigenvalue weighted by Crippen LogP contribution is 2.00. The Morgan fingerprint density at radius 3 is 2.31 bits per heavy atom. The van der Waals surface area contributed by atoms with Gasteiger partial charge in [0.1, 0.15) is 0 Å². The number of carbonyl (C=O) groups is 1. The third kappa shape index (κ3) is 5.14. The molecule has 0 atom stereocenters. The van der Waals surface area contributed by atoms with Gasteiger partial charge in [0.25, 0.3) is 0 Å². The van der Waals surface area contributed by atoms with Crippen molar-refractivity contribution < 1.29 is 9.63 Å². The van der Waals surface area contributed by atoms with Crippen LogP contribution in [0.1, 0.15) is 26.3 Å². The third-order valence-corrected chi connectivity index (χ3v) is 1.66. The fourth-order valence-corrected chi connectivity index (χ4v) is 0.888. The predicted molar refractivity (Wildman–Crippen MR) is 65.5 cm³/mol. The summed E-state index contributed by atoms with van der Waals surface area (Å²) in [5.74, 6) is 0. The topological polar surface area (TPSA) is 50.7 Å². The van der Waals surface area contributed by atoms with Crippen LogP contribution in [0.2, 0.25) is 0 Å². The van der Waals surface area contributed by atoms with E-state index in [2.05, 4.69) is 15.3 Å². The first-order valence-electron chi connectivity index (χ1n) is 5.23.